The zero-order valence-electron chi connectivity index (χ0n) is 21.4. The number of nitrogens with one attached hydrogen (secondary N) is 2. The summed E-state index contributed by atoms with van der Waals surface area (Å²) in [6.45, 7) is 4.46. The Hall–Kier alpha value is -4.17. The number of carbonyl (C=O) groups is 2. The van der Waals surface area contributed by atoms with Crippen LogP contribution in [0.1, 0.15) is 53.5 Å². The number of fused-ring (bicyclic) bond motifs is 2. The van der Waals surface area contributed by atoms with Gasteiger partial charge in [-0.2, -0.15) is 0 Å². The Labute approximate surface area is 221 Å². The predicted molar refractivity (Wildman–Crippen MR) is 144 cm³/mol. The van der Waals surface area contributed by atoms with Crippen molar-refractivity contribution in [2.24, 2.45) is 0 Å². The number of rotatable bonds is 7. The van der Waals surface area contributed by atoms with E-state index >= 15 is 0 Å². The molecule has 2 aromatic heterocycles. The van der Waals surface area contributed by atoms with Crippen LogP contribution in [-0.4, -0.2) is 32.8 Å². The fourth-order valence-corrected chi connectivity index (χ4v) is 5.75. The summed E-state index contributed by atoms with van der Waals surface area (Å²) in [5.41, 5.74) is 5.91. The standard InChI is InChI=1S/C30H31N5O3/c1-21(36)33-25-9-5-22(6-10-25)19-32-28(37)26-11-12-27-30(13-2-14-30)34(16-17-35(26)27)20-23-3-7-24(8-4-23)29-31-15-18-38-29/h3-12,15,18H,2,13-14,16-17,19-20H2,1H3,(H,32,37)(H,33,36). The number of amides is 2. The van der Waals surface area contributed by atoms with E-state index in [0.29, 0.717) is 12.4 Å². The van der Waals surface area contributed by atoms with E-state index < -0.39 is 0 Å². The van der Waals surface area contributed by atoms with Gasteiger partial charge in [0.25, 0.3) is 5.91 Å². The molecule has 2 N–H and O–H groups in total. The highest BCUT2D eigenvalue weighted by Gasteiger charge is 2.48. The molecule has 1 fully saturated rings. The SMILES string of the molecule is CC(=O)Nc1ccc(CNC(=O)c2ccc3n2CCN(Cc2ccc(-c4ncco4)cc2)C32CCC2)cc1. The van der Waals surface area contributed by atoms with E-state index in [-0.39, 0.29) is 17.4 Å². The minimum atomic E-state index is -0.104. The second-order valence-electron chi connectivity index (χ2n) is 10.2. The second-order valence-corrected chi connectivity index (χ2v) is 10.2. The zero-order valence-corrected chi connectivity index (χ0v) is 21.4. The van der Waals surface area contributed by atoms with Crippen molar-refractivity contribution in [1.82, 2.24) is 19.8 Å². The molecule has 8 heteroatoms. The molecule has 2 aromatic carbocycles. The summed E-state index contributed by atoms with van der Waals surface area (Å²) in [7, 11) is 0. The van der Waals surface area contributed by atoms with Gasteiger partial charge in [0.15, 0.2) is 0 Å². The van der Waals surface area contributed by atoms with Crippen molar-refractivity contribution in [3.05, 3.63) is 95.6 Å². The van der Waals surface area contributed by atoms with Gasteiger partial charge >= 0.3 is 0 Å². The van der Waals surface area contributed by atoms with E-state index in [2.05, 4.69) is 55.4 Å². The van der Waals surface area contributed by atoms with Gasteiger partial charge in [0.1, 0.15) is 12.0 Å². The number of aromatic nitrogens is 2. The number of nitrogens with zero attached hydrogens (tertiary/aromatic N) is 3. The molecule has 0 bridgehead atoms. The van der Waals surface area contributed by atoms with E-state index in [1.54, 1.807) is 12.5 Å². The van der Waals surface area contributed by atoms with Gasteiger partial charge in [-0.1, -0.05) is 24.3 Å². The predicted octanol–water partition coefficient (Wildman–Crippen LogP) is 4.93. The van der Waals surface area contributed by atoms with Crippen LogP contribution >= 0.6 is 0 Å². The second kappa shape index (κ2) is 9.95. The molecule has 6 rings (SSSR count). The smallest absolute Gasteiger partial charge is 0.268 e. The molecule has 2 amide bonds. The number of hydrogen-bond acceptors (Lipinski definition) is 5. The van der Waals surface area contributed by atoms with Crippen molar-refractivity contribution >= 4 is 17.5 Å². The fourth-order valence-electron chi connectivity index (χ4n) is 5.75. The molecule has 194 valence electrons. The summed E-state index contributed by atoms with van der Waals surface area (Å²) < 4.78 is 7.64. The van der Waals surface area contributed by atoms with Crippen LogP contribution in [0.15, 0.2) is 77.5 Å². The van der Waals surface area contributed by atoms with Gasteiger partial charge < -0.3 is 19.6 Å². The molecule has 0 radical (unpaired) electrons. The lowest BCUT2D eigenvalue weighted by Gasteiger charge is -2.53. The van der Waals surface area contributed by atoms with Crippen molar-refractivity contribution < 1.29 is 14.0 Å². The van der Waals surface area contributed by atoms with Crippen molar-refractivity contribution in [2.75, 3.05) is 11.9 Å². The van der Waals surface area contributed by atoms with Crippen LogP contribution in [0, 0.1) is 0 Å². The molecule has 1 spiro atoms. The van der Waals surface area contributed by atoms with E-state index in [1.165, 1.54) is 24.6 Å². The van der Waals surface area contributed by atoms with Gasteiger partial charge in [-0.25, -0.2) is 4.98 Å². The molecule has 0 saturated heterocycles. The molecule has 3 heterocycles. The van der Waals surface area contributed by atoms with Crippen LogP contribution in [0.2, 0.25) is 0 Å². The Bertz CT molecular complexity index is 1430. The van der Waals surface area contributed by atoms with Crippen molar-refractivity contribution in [1.29, 1.82) is 0 Å². The van der Waals surface area contributed by atoms with E-state index in [9.17, 15) is 9.59 Å². The lowest BCUT2D eigenvalue weighted by Crippen LogP contribution is -2.56. The minimum absolute atomic E-state index is 0.0163. The third kappa shape index (κ3) is 4.52. The molecule has 0 unspecified atom stereocenters. The topological polar surface area (TPSA) is 92.4 Å². The zero-order chi connectivity index (χ0) is 26.1. The van der Waals surface area contributed by atoms with Gasteiger partial charge in [-0.3, -0.25) is 14.5 Å². The summed E-state index contributed by atoms with van der Waals surface area (Å²) in [4.78, 5) is 31.2. The Morgan fingerprint density at radius 1 is 0.974 bits per heavy atom. The van der Waals surface area contributed by atoms with Gasteiger partial charge in [0.05, 0.1) is 11.7 Å². The highest BCUT2D eigenvalue weighted by Crippen LogP contribution is 2.49. The Morgan fingerprint density at radius 2 is 1.74 bits per heavy atom. The maximum absolute atomic E-state index is 13.2. The van der Waals surface area contributed by atoms with E-state index in [0.717, 1.165) is 55.0 Å². The van der Waals surface area contributed by atoms with Crippen LogP contribution in [0.3, 0.4) is 0 Å². The molecule has 4 aromatic rings. The summed E-state index contributed by atoms with van der Waals surface area (Å²) in [6, 6.07) is 20.1. The average molecular weight is 510 g/mol. The molecular weight excluding hydrogens is 478 g/mol. The lowest BCUT2D eigenvalue weighted by atomic mass is 9.71. The first-order chi connectivity index (χ1) is 18.5. The minimum Gasteiger partial charge on any atom is -0.445 e. The van der Waals surface area contributed by atoms with E-state index in [1.807, 2.05) is 30.3 Å². The maximum Gasteiger partial charge on any atom is 0.268 e. The fraction of sp³-hybridized carbons (Fsp3) is 0.300. The van der Waals surface area contributed by atoms with Gasteiger partial charge in [0, 0.05) is 50.0 Å². The van der Waals surface area contributed by atoms with Crippen molar-refractivity contribution in [2.45, 2.75) is 51.4 Å². The normalized spacial score (nSPS) is 16.0. The molecule has 38 heavy (non-hydrogen) atoms. The van der Waals surface area contributed by atoms with Crippen molar-refractivity contribution in [3.63, 3.8) is 0 Å². The summed E-state index contributed by atoms with van der Waals surface area (Å²) in [5, 5.41) is 5.83. The molecule has 8 nitrogen and oxygen atoms in total. The molecule has 2 aliphatic rings. The summed E-state index contributed by atoms with van der Waals surface area (Å²) in [5.74, 6) is 0.468. The summed E-state index contributed by atoms with van der Waals surface area (Å²) >= 11 is 0. The molecule has 1 saturated carbocycles. The van der Waals surface area contributed by atoms with E-state index in [4.69, 9.17) is 4.42 Å². The van der Waals surface area contributed by atoms with Crippen LogP contribution in [0.4, 0.5) is 5.69 Å². The molecular formula is C30H31N5O3. The lowest BCUT2D eigenvalue weighted by molar-refractivity contribution is -0.114. The molecule has 1 aliphatic heterocycles. The highest BCUT2D eigenvalue weighted by atomic mass is 16.3. The Balaban J connectivity index is 1.14. The number of hydrogen-bond donors (Lipinski definition) is 2. The maximum atomic E-state index is 13.2. The van der Waals surface area contributed by atoms with Crippen LogP contribution in [0.5, 0.6) is 0 Å². The molecule has 0 atom stereocenters. The first-order valence-corrected chi connectivity index (χ1v) is 13.1. The number of anilines is 1. The van der Waals surface area contributed by atoms with Crippen LogP contribution in [-0.2, 0) is 30.0 Å². The van der Waals surface area contributed by atoms with Gasteiger partial charge in [-0.15, -0.1) is 0 Å². The molecule has 1 aliphatic carbocycles. The Kier molecular flexibility index (Phi) is 6.33. The van der Waals surface area contributed by atoms with Crippen LogP contribution < -0.4 is 10.6 Å². The average Bonchev–Trinajstić information content (AvgIpc) is 3.58. The monoisotopic (exact) mass is 509 g/mol. The van der Waals surface area contributed by atoms with Crippen LogP contribution in [0.25, 0.3) is 11.5 Å². The third-order valence-corrected chi connectivity index (χ3v) is 7.80. The summed E-state index contributed by atoms with van der Waals surface area (Å²) in [6.07, 6.45) is 6.65. The Morgan fingerprint density at radius 3 is 2.39 bits per heavy atom. The van der Waals surface area contributed by atoms with Crippen molar-refractivity contribution in [3.8, 4) is 11.5 Å². The van der Waals surface area contributed by atoms with Gasteiger partial charge in [0.2, 0.25) is 11.8 Å². The number of benzene rings is 2. The first kappa shape index (κ1) is 24.2. The number of carbonyl (C=O) groups excluding carboxylic acids is 2. The number of oxazole rings is 1. The quantitative estimate of drug-likeness (QED) is 0.369. The first-order valence-electron chi connectivity index (χ1n) is 13.1. The largest absolute Gasteiger partial charge is 0.445 e. The van der Waals surface area contributed by atoms with Gasteiger partial charge in [-0.05, 0) is 66.8 Å². The third-order valence-electron chi connectivity index (χ3n) is 7.80. The highest BCUT2D eigenvalue weighted by molar-refractivity contribution is 5.93.